The summed E-state index contributed by atoms with van der Waals surface area (Å²) in [6.45, 7) is 6.64. The van der Waals surface area contributed by atoms with Crippen molar-refractivity contribution in [1.82, 2.24) is 0 Å². The third-order valence-electron chi connectivity index (χ3n) is 3.53. The second kappa shape index (κ2) is 10.3. The number of ketones is 1. The van der Waals surface area contributed by atoms with E-state index in [1.807, 2.05) is 12.1 Å². The van der Waals surface area contributed by atoms with Crippen molar-refractivity contribution >= 4 is 29.2 Å². The quantitative estimate of drug-likeness (QED) is 0.281. The molecule has 2 radical (unpaired) electrons. The molecule has 3 nitrogen and oxygen atoms in total. The molecule has 0 unspecified atom stereocenters. The summed E-state index contributed by atoms with van der Waals surface area (Å²) >= 11 is 0. The molecule has 1 aromatic rings. The molecular weight excluding hydrogens is 439 g/mol. The summed E-state index contributed by atoms with van der Waals surface area (Å²) in [5.74, 6) is 0.209. The van der Waals surface area contributed by atoms with Crippen molar-refractivity contribution in [2.75, 3.05) is 6.79 Å². The number of halogens is 2. The number of hydrogen-bond donors (Lipinski definition) is 0. The summed E-state index contributed by atoms with van der Waals surface area (Å²) < 4.78 is 9.71. The molecule has 4 rings (SSSR count). The molecule has 0 atom stereocenters. The van der Waals surface area contributed by atoms with Crippen LogP contribution in [0.15, 0.2) is 46.3 Å². The first-order valence-corrected chi connectivity index (χ1v) is 11.8. The topological polar surface area (TPSA) is 35.5 Å². The van der Waals surface area contributed by atoms with Gasteiger partial charge in [0.15, 0.2) is 14.1 Å². The largest absolute Gasteiger partial charge is 4.00 e. The molecule has 134 valence electrons. The van der Waals surface area contributed by atoms with E-state index in [4.69, 9.17) is 4.43 Å². The van der Waals surface area contributed by atoms with Crippen molar-refractivity contribution in [1.29, 1.82) is 0 Å². The van der Waals surface area contributed by atoms with E-state index in [9.17, 15) is 4.79 Å². The fourth-order valence-electron chi connectivity index (χ4n) is 2.40. The van der Waals surface area contributed by atoms with Crippen molar-refractivity contribution < 1.29 is 60.5 Å². The van der Waals surface area contributed by atoms with Gasteiger partial charge in [-0.2, -0.15) is 0 Å². The Labute approximate surface area is 186 Å². The van der Waals surface area contributed by atoms with Gasteiger partial charge in [0.25, 0.3) is 0 Å². The molecule has 3 aliphatic rings. The van der Waals surface area contributed by atoms with E-state index in [1.54, 1.807) is 6.08 Å². The third-order valence-corrected chi connectivity index (χ3v) is 5.76. The van der Waals surface area contributed by atoms with Gasteiger partial charge in [-0.05, 0) is 25.7 Å². The van der Waals surface area contributed by atoms with E-state index in [0.717, 1.165) is 21.9 Å². The predicted molar refractivity (Wildman–Crippen MR) is 93.8 cm³/mol. The van der Waals surface area contributed by atoms with Crippen LogP contribution < -0.4 is 24.8 Å². The molecule has 0 amide bonds. The molecule has 8 heteroatoms. The van der Waals surface area contributed by atoms with E-state index in [0.29, 0.717) is 16.3 Å². The Morgan fingerprint density at radius 2 is 1.81 bits per heavy atom. The van der Waals surface area contributed by atoms with E-state index in [-0.39, 0.29) is 52.3 Å². The molecule has 1 aliphatic heterocycles. The number of allylic oxidation sites excluding steroid dienone is 5. The van der Waals surface area contributed by atoms with Crippen LogP contribution in [0, 0.1) is 13.2 Å². The summed E-state index contributed by atoms with van der Waals surface area (Å²) in [5, 5.41) is 2.27. The summed E-state index contributed by atoms with van der Waals surface area (Å²) in [6, 6.07) is 8.13. The van der Waals surface area contributed by atoms with E-state index in [2.05, 4.69) is 49.7 Å². The number of rotatable bonds is 3. The molecule has 1 heterocycles. The average molecular weight is 457 g/mol. The SMILES string of the molecule is O=C1C=C2C(=[C-]c3ccccc32)C2=C1[Si]2.[CH2-]OCO[Si](C)(C)C.[Cl-].[Cl-].[Ti+4]. The van der Waals surface area contributed by atoms with Crippen molar-refractivity contribution in [3.63, 3.8) is 0 Å². The molecule has 2 aliphatic carbocycles. The summed E-state index contributed by atoms with van der Waals surface area (Å²) in [7, 11) is 2.47. The van der Waals surface area contributed by atoms with Gasteiger partial charge in [0.2, 0.25) is 0 Å². The first kappa shape index (κ1) is 25.8. The van der Waals surface area contributed by atoms with Gasteiger partial charge < -0.3 is 34.0 Å². The minimum atomic E-state index is -1.34. The maximum Gasteiger partial charge on any atom is 4.00 e. The zero-order chi connectivity index (χ0) is 16.6. The van der Waals surface area contributed by atoms with Gasteiger partial charge in [0.05, 0.1) is 9.52 Å². The molecule has 26 heavy (non-hydrogen) atoms. The minimum absolute atomic E-state index is 0. The third kappa shape index (κ3) is 5.88. The van der Waals surface area contributed by atoms with E-state index in [1.165, 1.54) is 10.8 Å². The van der Waals surface area contributed by atoms with Crippen molar-refractivity contribution in [3.05, 3.63) is 70.6 Å². The normalized spacial score (nSPS) is 15.5. The van der Waals surface area contributed by atoms with Crippen molar-refractivity contribution in [2.24, 2.45) is 0 Å². The van der Waals surface area contributed by atoms with Crippen LogP contribution >= 0.6 is 0 Å². The molecule has 0 bridgehead atoms. The number of fused-ring (bicyclic) bond motifs is 4. The standard InChI is InChI=1S/C13H5OSi.C5H13O2Si.2ClH.Ti/c14-11-6-9-8-4-2-1-3-7(8)5-10(9)12-13(11)15-12;1-6-5-7-8(2,3)4;;;/h1-4,6H;1,5H2,2-4H3;2*1H;/q2*-1;;;+4/p-2. The number of carbonyl (C=O) groups excluding carboxylic acids is 1. The molecule has 1 aromatic carbocycles. The summed E-state index contributed by atoms with van der Waals surface area (Å²) in [6.07, 6.45) is 5.16. The molecular formula is C18H18Cl2O3Si2Ti. The Bertz CT molecular complexity index is 768. The van der Waals surface area contributed by atoms with Crippen LogP contribution in [0.2, 0.25) is 19.6 Å². The molecule has 0 N–H and O–H groups in total. The van der Waals surface area contributed by atoms with Crippen LogP contribution in [0.3, 0.4) is 0 Å². The average Bonchev–Trinajstić information content (AvgIpc) is 3.23. The van der Waals surface area contributed by atoms with E-state index >= 15 is 0 Å². The zero-order valence-corrected chi connectivity index (χ0v) is 19.9. The van der Waals surface area contributed by atoms with Gasteiger partial charge in [0.1, 0.15) is 6.79 Å². The van der Waals surface area contributed by atoms with Crippen LogP contribution in [-0.4, -0.2) is 30.4 Å². The summed E-state index contributed by atoms with van der Waals surface area (Å²) in [5.41, 5.74) is 4.53. The number of ether oxygens (including phenoxy) is 1. The van der Waals surface area contributed by atoms with Crippen molar-refractivity contribution in [3.8, 4) is 0 Å². The smallest absolute Gasteiger partial charge is 1.00 e. The molecule has 0 aromatic heterocycles. The van der Waals surface area contributed by atoms with Crippen LogP contribution in [0.1, 0.15) is 11.1 Å². The Hall–Kier alpha value is -0.242. The first-order chi connectivity index (χ1) is 10.9. The van der Waals surface area contributed by atoms with Crippen LogP contribution in [0.4, 0.5) is 0 Å². The van der Waals surface area contributed by atoms with Crippen LogP contribution in [0.5, 0.6) is 0 Å². The van der Waals surface area contributed by atoms with E-state index < -0.39 is 8.32 Å². The number of benzene rings is 1. The molecule has 0 fully saturated rings. The van der Waals surface area contributed by atoms with Gasteiger partial charge in [-0.25, -0.2) is 7.11 Å². The first-order valence-electron chi connectivity index (χ1n) is 7.43. The van der Waals surface area contributed by atoms with Crippen molar-refractivity contribution in [2.45, 2.75) is 19.6 Å². The minimum Gasteiger partial charge on any atom is -1.00 e. The van der Waals surface area contributed by atoms with Gasteiger partial charge in [0, 0.05) is 0 Å². The predicted octanol–water partition coefficient (Wildman–Crippen LogP) is -2.72. The maximum absolute atomic E-state index is 11.6. The van der Waals surface area contributed by atoms with Crippen LogP contribution in [-0.2, 0) is 35.7 Å². The molecule has 0 saturated carbocycles. The monoisotopic (exact) mass is 456 g/mol. The second-order valence-corrected chi connectivity index (χ2v) is 12.2. The van der Waals surface area contributed by atoms with Gasteiger partial charge >= 0.3 is 21.7 Å². The molecule has 0 spiro atoms. The maximum atomic E-state index is 11.6. The Balaban J connectivity index is 0.000000506. The zero-order valence-electron chi connectivity index (χ0n) is 14.8. The molecule has 0 saturated heterocycles. The number of hydrogen-bond acceptors (Lipinski definition) is 3. The Morgan fingerprint density at radius 3 is 2.38 bits per heavy atom. The fraction of sp³-hybridized carbons (Fsp3) is 0.222. The van der Waals surface area contributed by atoms with Gasteiger partial charge in [-0.15, -0.1) is 39.6 Å². The Kier molecular flexibility index (Phi) is 10.2. The van der Waals surface area contributed by atoms with Gasteiger partial charge in [-0.3, -0.25) is 4.79 Å². The second-order valence-electron chi connectivity index (χ2n) is 6.42. The number of carbonyl (C=O) groups is 1. The fourth-order valence-corrected chi connectivity index (χ4v) is 3.79. The summed E-state index contributed by atoms with van der Waals surface area (Å²) in [4.78, 5) is 11.6. The van der Waals surface area contributed by atoms with Crippen LogP contribution in [0.25, 0.3) is 5.57 Å². The Morgan fingerprint density at radius 1 is 1.15 bits per heavy atom. The van der Waals surface area contributed by atoms with Gasteiger partial charge in [-0.1, -0.05) is 23.4 Å².